The standard InChI is InChI=1S/C38H40ClFN4O5/c1-48-17-16-44-33-14-12-27(38(47)41-22-25-9-15-34(45)35(46)18-25)20-32(33)42-36(44)19-24-4-2-5-26(10-8-24)31-6-3-7-37(43-31)49-23-28-11-13-29(39)21-30(28)40/h3,6-7,9,11-15,18,20-21,24,26,45-46H,2,4-5,8,10,16-17,19,22-23H2,1H3,(H,41,47). The maximum absolute atomic E-state index is 14.2. The molecule has 11 heteroatoms. The molecule has 2 atom stereocenters. The second kappa shape index (κ2) is 15.7. The molecule has 1 fully saturated rings. The van der Waals surface area contributed by atoms with E-state index in [-0.39, 0.29) is 30.6 Å². The fraction of sp³-hybridized carbons (Fsp3) is 0.342. The average molecular weight is 687 g/mol. The largest absolute Gasteiger partial charge is 0.504 e. The number of imidazole rings is 1. The first-order valence-electron chi connectivity index (χ1n) is 16.6. The Labute approximate surface area is 289 Å². The zero-order valence-electron chi connectivity index (χ0n) is 27.4. The topological polar surface area (TPSA) is 119 Å². The van der Waals surface area contributed by atoms with Crippen molar-refractivity contribution < 1.29 is 28.9 Å². The number of rotatable bonds is 12. The lowest BCUT2D eigenvalue weighted by Crippen LogP contribution is -2.22. The van der Waals surface area contributed by atoms with Gasteiger partial charge in [-0.05, 0) is 85.7 Å². The molecule has 0 radical (unpaired) electrons. The van der Waals surface area contributed by atoms with E-state index in [4.69, 9.17) is 31.0 Å². The maximum atomic E-state index is 14.2. The lowest BCUT2D eigenvalue weighted by molar-refractivity contribution is 0.0951. The Hall–Kier alpha value is -4.67. The number of methoxy groups -OCH3 is 1. The lowest BCUT2D eigenvalue weighted by Gasteiger charge is -2.17. The zero-order chi connectivity index (χ0) is 34.3. The van der Waals surface area contributed by atoms with Gasteiger partial charge in [0.25, 0.3) is 5.91 Å². The van der Waals surface area contributed by atoms with Gasteiger partial charge in [-0.1, -0.05) is 36.2 Å². The Kier molecular flexibility index (Phi) is 11.0. The summed E-state index contributed by atoms with van der Waals surface area (Å²) in [6.07, 6.45) is 6.02. The normalized spacial score (nSPS) is 16.4. The average Bonchev–Trinajstić information content (AvgIpc) is 3.26. The van der Waals surface area contributed by atoms with E-state index in [1.54, 1.807) is 37.4 Å². The highest BCUT2D eigenvalue weighted by molar-refractivity contribution is 6.30. The molecule has 1 saturated carbocycles. The van der Waals surface area contributed by atoms with E-state index in [1.807, 2.05) is 24.3 Å². The number of carbonyl (C=O) groups is 1. The molecule has 6 rings (SSSR count). The summed E-state index contributed by atoms with van der Waals surface area (Å²) in [7, 11) is 1.69. The highest BCUT2D eigenvalue weighted by Crippen LogP contribution is 2.36. The molecule has 1 aliphatic carbocycles. The molecule has 0 bridgehead atoms. The van der Waals surface area contributed by atoms with Crippen molar-refractivity contribution in [2.45, 2.75) is 64.1 Å². The predicted molar refractivity (Wildman–Crippen MR) is 186 cm³/mol. The maximum Gasteiger partial charge on any atom is 0.251 e. The fourth-order valence-electron chi connectivity index (χ4n) is 6.54. The number of nitrogens with one attached hydrogen (secondary N) is 1. The SMILES string of the molecule is COCCn1c(CC2CCCC(c3cccc(OCc4ccc(Cl)cc4F)n3)CC2)nc2cc(C(=O)NCc3ccc(O)c(O)c3)ccc21. The van der Waals surface area contributed by atoms with Crippen molar-refractivity contribution in [2.75, 3.05) is 13.7 Å². The van der Waals surface area contributed by atoms with Crippen molar-refractivity contribution >= 4 is 28.5 Å². The molecule has 1 amide bonds. The van der Waals surface area contributed by atoms with Gasteiger partial charge in [0.2, 0.25) is 5.88 Å². The van der Waals surface area contributed by atoms with E-state index < -0.39 is 5.82 Å². The third-order valence-electron chi connectivity index (χ3n) is 9.21. The third kappa shape index (κ3) is 8.50. The van der Waals surface area contributed by atoms with Crippen molar-refractivity contribution in [1.82, 2.24) is 19.9 Å². The van der Waals surface area contributed by atoms with Crippen LogP contribution < -0.4 is 10.1 Å². The molecule has 49 heavy (non-hydrogen) atoms. The van der Waals surface area contributed by atoms with Gasteiger partial charge in [0, 0.05) is 60.4 Å². The number of amides is 1. The van der Waals surface area contributed by atoms with Crippen molar-refractivity contribution in [3.05, 3.63) is 112 Å². The first kappa shape index (κ1) is 34.2. The number of aromatic hydroxyl groups is 2. The van der Waals surface area contributed by atoms with Crippen LogP contribution in [0.2, 0.25) is 5.02 Å². The number of phenols is 2. The summed E-state index contributed by atoms with van der Waals surface area (Å²) in [5, 5.41) is 22.5. The molecule has 9 nitrogen and oxygen atoms in total. The van der Waals surface area contributed by atoms with Crippen LogP contribution in [0.4, 0.5) is 4.39 Å². The molecular weight excluding hydrogens is 647 g/mol. The van der Waals surface area contributed by atoms with Crippen LogP contribution in [-0.2, 0) is 30.9 Å². The van der Waals surface area contributed by atoms with Crippen molar-refractivity contribution in [3.63, 3.8) is 0 Å². The minimum absolute atomic E-state index is 0.0770. The van der Waals surface area contributed by atoms with Gasteiger partial charge in [0.05, 0.1) is 17.6 Å². The molecule has 3 aromatic carbocycles. The summed E-state index contributed by atoms with van der Waals surface area (Å²) in [6, 6.07) is 20.4. The second-order valence-electron chi connectivity index (χ2n) is 12.6. The number of hydrogen-bond donors (Lipinski definition) is 3. The number of nitrogens with zero attached hydrogens (tertiary/aromatic N) is 3. The Balaban J connectivity index is 1.11. The summed E-state index contributed by atoms with van der Waals surface area (Å²) >= 11 is 5.88. The number of benzene rings is 3. The van der Waals surface area contributed by atoms with Crippen LogP contribution in [-0.4, -0.2) is 44.4 Å². The Morgan fingerprint density at radius 3 is 2.69 bits per heavy atom. The number of pyridine rings is 1. The number of halogens is 2. The van der Waals surface area contributed by atoms with E-state index >= 15 is 0 Å². The third-order valence-corrected chi connectivity index (χ3v) is 9.45. The molecule has 1 aliphatic rings. The van der Waals surface area contributed by atoms with E-state index in [1.165, 1.54) is 18.2 Å². The molecular formula is C38H40ClFN4O5. The molecule has 0 spiro atoms. The number of phenolic OH excluding ortho intramolecular Hbond substituents is 2. The minimum atomic E-state index is -0.398. The number of ether oxygens (including phenoxy) is 2. The van der Waals surface area contributed by atoms with Crippen LogP contribution in [0.5, 0.6) is 17.4 Å². The van der Waals surface area contributed by atoms with Crippen LogP contribution in [0.3, 0.4) is 0 Å². The van der Waals surface area contributed by atoms with E-state index in [0.29, 0.717) is 52.6 Å². The molecule has 0 aliphatic heterocycles. The molecule has 3 N–H and O–H groups in total. The highest BCUT2D eigenvalue weighted by atomic mass is 35.5. The summed E-state index contributed by atoms with van der Waals surface area (Å²) < 4.78 is 27.7. The van der Waals surface area contributed by atoms with E-state index in [9.17, 15) is 19.4 Å². The number of carbonyl (C=O) groups excluding carboxylic acids is 1. The van der Waals surface area contributed by atoms with Gasteiger partial charge >= 0.3 is 0 Å². The summed E-state index contributed by atoms with van der Waals surface area (Å²) in [6.45, 7) is 1.48. The molecule has 2 heterocycles. The van der Waals surface area contributed by atoms with Gasteiger partial charge in [-0.3, -0.25) is 4.79 Å². The van der Waals surface area contributed by atoms with Gasteiger partial charge in [0.1, 0.15) is 18.2 Å². The summed E-state index contributed by atoms with van der Waals surface area (Å²) in [5.74, 6) is 1.12. The van der Waals surface area contributed by atoms with Crippen LogP contribution in [0, 0.1) is 11.7 Å². The van der Waals surface area contributed by atoms with Gasteiger partial charge in [-0.25, -0.2) is 14.4 Å². The minimum Gasteiger partial charge on any atom is -0.504 e. The van der Waals surface area contributed by atoms with Crippen LogP contribution in [0.25, 0.3) is 11.0 Å². The monoisotopic (exact) mass is 686 g/mol. The predicted octanol–water partition coefficient (Wildman–Crippen LogP) is 7.70. The zero-order valence-corrected chi connectivity index (χ0v) is 28.1. The molecule has 2 unspecified atom stereocenters. The van der Waals surface area contributed by atoms with E-state index in [0.717, 1.165) is 61.1 Å². The molecule has 256 valence electrons. The molecule has 0 saturated heterocycles. The van der Waals surface area contributed by atoms with Crippen molar-refractivity contribution in [1.29, 1.82) is 0 Å². The lowest BCUT2D eigenvalue weighted by atomic mass is 9.93. The van der Waals surface area contributed by atoms with Crippen molar-refractivity contribution in [3.8, 4) is 17.4 Å². The van der Waals surface area contributed by atoms with Gasteiger partial charge in [-0.2, -0.15) is 0 Å². The summed E-state index contributed by atoms with van der Waals surface area (Å²) in [4.78, 5) is 22.8. The smallest absolute Gasteiger partial charge is 0.251 e. The Morgan fingerprint density at radius 1 is 1.00 bits per heavy atom. The Morgan fingerprint density at radius 2 is 1.88 bits per heavy atom. The van der Waals surface area contributed by atoms with Gasteiger partial charge in [-0.15, -0.1) is 0 Å². The van der Waals surface area contributed by atoms with Gasteiger partial charge in [0.15, 0.2) is 11.5 Å². The van der Waals surface area contributed by atoms with Crippen LogP contribution in [0.15, 0.2) is 72.8 Å². The van der Waals surface area contributed by atoms with E-state index in [2.05, 4.69) is 9.88 Å². The fourth-order valence-corrected chi connectivity index (χ4v) is 6.70. The van der Waals surface area contributed by atoms with Crippen LogP contribution in [0.1, 0.15) is 71.0 Å². The van der Waals surface area contributed by atoms with Crippen LogP contribution >= 0.6 is 11.6 Å². The number of hydrogen-bond acceptors (Lipinski definition) is 7. The molecule has 2 aromatic heterocycles. The summed E-state index contributed by atoms with van der Waals surface area (Å²) in [5.41, 5.74) is 4.30. The van der Waals surface area contributed by atoms with Crippen molar-refractivity contribution in [2.24, 2.45) is 5.92 Å². The second-order valence-corrected chi connectivity index (χ2v) is 13.0. The van der Waals surface area contributed by atoms with Gasteiger partial charge < -0.3 is 29.6 Å². The quantitative estimate of drug-likeness (QED) is 0.0909. The Bertz CT molecular complexity index is 1930. The molecule has 5 aromatic rings. The first-order chi connectivity index (χ1) is 23.8. The number of aromatic nitrogens is 3. The number of fused-ring (bicyclic) bond motifs is 1. The highest BCUT2D eigenvalue weighted by Gasteiger charge is 2.24. The first-order valence-corrected chi connectivity index (χ1v) is 17.0.